The molecule has 0 spiro atoms. The maximum atomic E-state index is 14.1. The van der Waals surface area contributed by atoms with E-state index in [1.807, 2.05) is 60.9 Å². The number of rotatable bonds is 14. The second kappa shape index (κ2) is 16.3. The summed E-state index contributed by atoms with van der Waals surface area (Å²) in [6.07, 6.45) is -1.02. The molecule has 1 heterocycles. The summed E-state index contributed by atoms with van der Waals surface area (Å²) in [5, 5.41) is 12.5. The number of halogens is 3. The number of nitriles is 1. The zero-order valence-corrected chi connectivity index (χ0v) is 27.3. The first-order chi connectivity index (χ1) is 22.5. The van der Waals surface area contributed by atoms with E-state index in [1.165, 1.54) is 17.0 Å². The van der Waals surface area contributed by atoms with Gasteiger partial charge in [-0.3, -0.25) is 4.79 Å². The van der Waals surface area contributed by atoms with E-state index in [0.717, 1.165) is 17.2 Å². The van der Waals surface area contributed by atoms with Gasteiger partial charge >= 0.3 is 6.18 Å². The molecule has 7 nitrogen and oxygen atoms in total. The third-order valence-electron chi connectivity index (χ3n) is 8.40. The van der Waals surface area contributed by atoms with Crippen molar-refractivity contribution in [3.05, 3.63) is 125 Å². The topological polar surface area (TPSA) is 100.0 Å². The first-order valence-corrected chi connectivity index (χ1v) is 15.9. The summed E-state index contributed by atoms with van der Waals surface area (Å²) in [5.41, 5.74) is 9.37. The molecule has 0 radical (unpaired) electrons. The van der Waals surface area contributed by atoms with Crippen LogP contribution in [-0.4, -0.2) is 38.1 Å². The molecule has 246 valence electrons. The molecular formula is C36H39F3N6OS. The molecule has 1 unspecified atom stereocenters. The quantitative estimate of drug-likeness (QED) is 0.118. The number of carbonyl (C=O) groups excluding carboxylic acids is 1. The Bertz CT molecular complexity index is 1670. The minimum absolute atomic E-state index is 0.0125. The SMILES string of the molecule is CC[C@H](C)[C@H](C(=O)Cc1cncn1Cc1ccc(C#N)cc1)C(N)N(Cc1ccccc1C(F)(F)F)C(=S)NCCc1ccccc1. The Morgan fingerprint density at radius 1 is 1.06 bits per heavy atom. The zero-order valence-electron chi connectivity index (χ0n) is 26.5. The molecule has 0 saturated carbocycles. The highest BCUT2D eigenvalue weighted by atomic mass is 32.1. The number of imidazole rings is 1. The van der Waals surface area contributed by atoms with E-state index in [0.29, 0.717) is 37.2 Å². The van der Waals surface area contributed by atoms with Crippen molar-refractivity contribution in [2.75, 3.05) is 6.54 Å². The molecule has 11 heteroatoms. The van der Waals surface area contributed by atoms with E-state index >= 15 is 0 Å². The molecular weight excluding hydrogens is 621 g/mol. The van der Waals surface area contributed by atoms with Crippen LogP contribution in [0, 0.1) is 23.2 Å². The van der Waals surface area contributed by atoms with E-state index in [9.17, 15) is 18.0 Å². The number of Topliss-reactive ketones (excluding diaryl/α,β-unsaturated/α-hetero) is 1. The van der Waals surface area contributed by atoms with Gasteiger partial charge in [0, 0.05) is 37.9 Å². The van der Waals surface area contributed by atoms with Gasteiger partial charge in [0.05, 0.1) is 35.6 Å². The lowest BCUT2D eigenvalue weighted by molar-refractivity contribution is -0.138. The molecule has 0 aliphatic carbocycles. The summed E-state index contributed by atoms with van der Waals surface area (Å²) in [6.45, 7) is 4.52. The number of nitrogens with two attached hydrogens (primary N) is 1. The van der Waals surface area contributed by atoms with Crippen molar-refractivity contribution in [3.63, 3.8) is 0 Å². The van der Waals surface area contributed by atoms with Crippen LogP contribution in [0.4, 0.5) is 13.2 Å². The summed E-state index contributed by atoms with van der Waals surface area (Å²) in [7, 11) is 0. The van der Waals surface area contributed by atoms with Crippen LogP contribution >= 0.6 is 12.2 Å². The molecule has 0 bridgehead atoms. The second-order valence-corrected chi connectivity index (χ2v) is 12.0. The predicted molar refractivity (Wildman–Crippen MR) is 180 cm³/mol. The lowest BCUT2D eigenvalue weighted by Crippen LogP contribution is -2.56. The number of ketones is 1. The summed E-state index contributed by atoms with van der Waals surface area (Å²) in [5.74, 6) is -1.10. The molecule has 4 rings (SSSR count). The van der Waals surface area contributed by atoms with Gasteiger partial charge in [0.25, 0.3) is 0 Å². The number of aromatic nitrogens is 2. The van der Waals surface area contributed by atoms with E-state index in [2.05, 4.69) is 16.4 Å². The Labute approximate surface area is 279 Å². The van der Waals surface area contributed by atoms with Crippen LogP contribution in [0.15, 0.2) is 91.4 Å². The molecule has 47 heavy (non-hydrogen) atoms. The number of hydrogen-bond acceptors (Lipinski definition) is 5. The lowest BCUT2D eigenvalue weighted by Gasteiger charge is -2.38. The van der Waals surface area contributed by atoms with Crippen LogP contribution in [0.1, 0.15) is 53.8 Å². The van der Waals surface area contributed by atoms with E-state index < -0.39 is 23.8 Å². The molecule has 0 amide bonds. The lowest BCUT2D eigenvalue weighted by atomic mass is 9.83. The Morgan fingerprint density at radius 2 is 1.74 bits per heavy atom. The van der Waals surface area contributed by atoms with Crippen LogP contribution in [-0.2, 0) is 36.9 Å². The van der Waals surface area contributed by atoms with E-state index in [-0.39, 0.29) is 35.3 Å². The Hall–Kier alpha value is -4.53. The average Bonchev–Trinajstić information content (AvgIpc) is 3.49. The molecule has 3 atom stereocenters. The average molecular weight is 661 g/mol. The number of benzene rings is 3. The summed E-state index contributed by atoms with van der Waals surface area (Å²) in [6, 6.07) is 24.4. The van der Waals surface area contributed by atoms with Gasteiger partial charge < -0.3 is 20.5 Å². The summed E-state index contributed by atoms with van der Waals surface area (Å²) < 4.78 is 44.0. The van der Waals surface area contributed by atoms with Gasteiger partial charge in [-0.05, 0) is 59.4 Å². The first kappa shape index (κ1) is 35.3. The third-order valence-corrected chi connectivity index (χ3v) is 8.78. The number of hydrogen-bond donors (Lipinski definition) is 2. The third kappa shape index (κ3) is 9.50. The molecule has 3 N–H and O–H groups in total. The Balaban J connectivity index is 1.60. The van der Waals surface area contributed by atoms with Gasteiger partial charge in [-0.15, -0.1) is 0 Å². The number of thiocarbonyl (C=S) groups is 1. The number of nitrogens with zero attached hydrogens (tertiary/aromatic N) is 4. The molecule has 1 aromatic heterocycles. The van der Waals surface area contributed by atoms with Crippen molar-refractivity contribution >= 4 is 23.1 Å². The van der Waals surface area contributed by atoms with Gasteiger partial charge in [-0.25, -0.2) is 4.98 Å². The fourth-order valence-corrected chi connectivity index (χ4v) is 5.89. The second-order valence-electron chi connectivity index (χ2n) is 11.6. The molecule has 0 aliphatic rings. The maximum absolute atomic E-state index is 14.1. The fraction of sp³-hybridized carbons (Fsp3) is 0.333. The Morgan fingerprint density at radius 3 is 2.40 bits per heavy atom. The van der Waals surface area contributed by atoms with Crippen molar-refractivity contribution < 1.29 is 18.0 Å². The van der Waals surface area contributed by atoms with Crippen LogP contribution in [0.5, 0.6) is 0 Å². The summed E-state index contributed by atoms with van der Waals surface area (Å²) >= 11 is 5.77. The van der Waals surface area contributed by atoms with Crippen LogP contribution in [0.25, 0.3) is 0 Å². The molecule has 0 fully saturated rings. The Kier molecular flexibility index (Phi) is 12.3. The van der Waals surface area contributed by atoms with Gasteiger partial charge in [-0.1, -0.05) is 80.9 Å². The van der Waals surface area contributed by atoms with Crippen molar-refractivity contribution in [2.45, 2.75) is 58.5 Å². The van der Waals surface area contributed by atoms with Crippen molar-refractivity contribution in [3.8, 4) is 6.07 Å². The van der Waals surface area contributed by atoms with E-state index in [4.69, 9.17) is 23.2 Å². The highest BCUT2D eigenvalue weighted by Crippen LogP contribution is 2.33. The number of nitrogens with one attached hydrogen (secondary N) is 1. The standard InChI is InChI=1S/C36H39F3N6OS/c1-3-25(2)33(32(46)19-30-21-42-24-44(30)22-28-15-13-27(20-40)14-16-28)34(41)45(23-29-11-7-8-12-31(29)36(37,38)39)35(47)43-18-17-26-9-5-4-6-10-26/h4-16,21,24-25,33-34H,3,17-19,22-23,41H2,1-2H3,(H,43,47)/t25-,33+,34?/m0/s1. The predicted octanol–water partition coefficient (Wildman–Crippen LogP) is 6.50. The van der Waals surface area contributed by atoms with E-state index in [1.54, 1.807) is 30.7 Å². The molecule has 0 aliphatic heterocycles. The molecule has 4 aromatic rings. The highest BCUT2D eigenvalue weighted by Gasteiger charge is 2.38. The fourth-order valence-electron chi connectivity index (χ4n) is 5.60. The largest absolute Gasteiger partial charge is 0.416 e. The van der Waals surface area contributed by atoms with Gasteiger partial charge in [-0.2, -0.15) is 18.4 Å². The van der Waals surface area contributed by atoms with Gasteiger partial charge in [0.1, 0.15) is 5.78 Å². The highest BCUT2D eigenvalue weighted by molar-refractivity contribution is 7.80. The van der Waals surface area contributed by atoms with Crippen molar-refractivity contribution in [1.29, 1.82) is 5.26 Å². The smallest absolute Gasteiger partial charge is 0.362 e. The van der Waals surface area contributed by atoms with Crippen LogP contribution < -0.4 is 11.1 Å². The first-order valence-electron chi connectivity index (χ1n) is 15.5. The molecule has 0 saturated heterocycles. The van der Waals surface area contributed by atoms with Crippen LogP contribution in [0.3, 0.4) is 0 Å². The minimum Gasteiger partial charge on any atom is -0.362 e. The van der Waals surface area contributed by atoms with Gasteiger partial charge in [0.15, 0.2) is 5.11 Å². The van der Waals surface area contributed by atoms with Gasteiger partial charge in [0.2, 0.25) is 0 Å². The molecule has 3 aromatic carbocycles. The van der Waals surface area contributed by atoms with Crippen LogP contribution in [0.2, 0.25) is 0 Å². The monoisotopic (exact) mass is 660 g/mol. The minimum atomic E-state index is -4.58. The number of alkyl halides is 3. The zero-order chi connectivity index (χ0) is 34.0. The number of carbonyl (C=O) groups is 1. The maximum Gasteiger partial charge on any atom is 0.416 e. The van der Waals surface area contributed by atoms with Crippen molar-refractivity contribution in [2.24, 2.45) is 17.6 Å². The summed E-state index contributed by atoms with van der Waals surface area (Å²) in [4.78, 5) is 19.9. The normalized spacial score (nSPS) is 13.3. The van der Waals surface area contributed by atoms with Crippen molar-refractivity contribution in [1.82, 2.24) is 19.8 Å².